The molecule has 0 heterocycles. The van der Waals surface area contributed by atoms with Gasteiger partial charge in [-0.3, -0.25) is 0 Å². The van der Waals surface area contributed by atoms with E-state index in [-0.39, 0.29) is 6.61 Å². The molecule has 0 aliphatic heterocycles. The number of nitrogens with zero attached hydrogens (tertiary/aromatic N) is 4. The lowest BCUT2D eigenvalue weighted by Crippen LogP contribution is -1.91. The average Bonchev–Trinajstić information content (AvgIpc) is 2.52. The molecule has 0 saturated carbocycles. The lowest BCUT2D eigenvalue weighted by Gasteiger charge is -1.85. The van der Waals surface area contributed by atoms with E-state index in [0.717, 1.165) is 5.69 Å². The first-order chi connectivity index (χ1) is 9.76. The highest BCUT2D eigenvalue weighted by Crippen LogP contribution is 2.08. The second-order valence-electron chi connectivity index (χ2n) is 2.75. The van der Waals surface area contributed by atoms with E-state index in [9.17, 15) is 0 Å². The number of methoxy groups -OCH3 is 1. The van der Waals surface area contributed by atoms with Crippen molar-refractivity contribution in [1.82, 2.24) is 0 Å². The molecule has 1 aromatic carbocycles. The van der Waals surface area contributed by atoms with Crippen LogP contribution >= 0.6 is 0 Å². The third-order valence-electron chi connectivity index (χ3n) is 1.47. The largest absolute Gasteiger partial charge is 0.394 e. The SMILES string of the molecule is CC.CN=NC.CN=Nc1ccccc1.COCCO. The number of aliphatic hydroxyl groups excluding tert-OH is 1. The van der Waals surface area contributed by atoms with Gasteiger partial charge in [0.15, 0.2) is 0 Å². The first-order valence-corrected chi connectivity index (χ1v) is 6.39. The second-order valence-corrected chi connectivity index (χ2v) is 2.75. The number of ether oxygens (including phenoxy) is 1. The molecule has 1 N–H and O–H groups in total. The second kappa shape index (κ2) is 26.0. The fourth-order valence-corrected chi connectivity index (χ4v) is 0.701. The number of benzene rings is 1. The molecule has 0 saturated heterocycles. The minimum Gasteiger partial charge on any atom is -0.394 e. The lowest BCUT2D eigenvalue weighted by atomic mass is 10.3. The maximum Gasteiger partial charge on any atom is 0.0852 e. The molecule has 0 aliphatic carbocycles. The van der Waals surface area contributed by atoms with Gasteiger partial charge >= 0.3 is 0 Å². The molecule has 20 heavy (non-hydrogen) atoms. The predicted octanol–water partition coefficient (Wildman–Crippen LogP) is 3.75. The summed E-state index contributed by atoms with van der Waals surface area (Å²) in [5, 5.41) is 22.1. The van der Waals surface area contributed by atoms with Gasteiger partial charge in [0, 0.05) is 28.3 Å². The molecule has 0 aromatic heterocycles. The molecule has 6 heteroatoms. The molecule has 0 unspecified atom stereocenters. The average molecular weight is 284 g/mol. The topological polar surface area (TPSA) is 78.9 Å². The van der Waals surface area contributed by atoms with E-state index < -0.39 is 0 Å². The molecular weight excluding hydrogens is 256 g/mol. The molecule has 116 valence electrons. The van der Waals surface area contributed by atoms with Crippen molar-refractivity contribution in [2.75, 3.05) is 41.5 Å². The van der Waals surface area contributed by atoms with Gasteiger partial charge in [0.05, 0.1) is 18.9 Å². The minimum absolute atomic E-state index is 0.122. The number of hydrogen-bond donors (Lipinski definition) is 1. The van der Waals surface area contributed by atoms with Crippen LogP contribution in [0.25, 0.3) is 0 Å². The Hall–Kier alpha value is -1.66. The fraction of sp³-hybridized carbons (Fsp3) is 0.571. The summed E-state index contributed by atoms with van der Waals surface area (Å²) in [6.07, 6.45) is 0. The van der Waals surface area contributed by atoms with Gasteiger partial charge < -0.3 is 9.84 Å². The van der Waals surface area contributed by atoms with Crippen molar-refractivity contribution in [3.8, 4) is 0 Å². The number of azo groups is 2. The number of aliphatic hydroxyl groups is 1. The zero-order valence-corrected chi connectivity index (χ0v) is 13.4. The molecule has 0 atom stereocenters. The van der Waals surface area contributed by atoms with Crippen LogP contribution in [0.5, 0.6) is 0 Å². The highest BCUT2D eigenvalue weighted by molar-refractivity contribution is 5.34. The van der Waals surface area contributed by atoms with E-state index in [1.54, 1.807) is 28.3 Å². The quantitative estimate of drug-likeness (QED) is 0.858. The molecule has 0 amide bonds. The van der Waals surface area contributed by atoms with Crippen molar-refractivity contribution in [1.29, 1.82) is 0 Å². The Bertz CT molecular complexity index is 297. The predicted molar refractivity (Wildman–Crippen MR) is 83.9 cm³/mol. The lowest BCUT2D eigenvalue weighted by molar-refractivity contribution is 0.135. The number of hydrogen-bond acceptors (Lipinski definition) is 6. The van der Waals surface area contributed by atoms with Crippen LogP contribution in [0.3, 0.4) is 0 Å². The summed E-state index contributed by atoms with van der Waals surface area (Å²) in [5.74, 6) is 0. The summed E-state index contributed by atoms with van der Waals surface area (Å²) in [7, 11) is 6.49. The smallest absolute Gasteiger partial charge is 0.0852 e. The highest BCUT2D eigenvalue weighted by Gasteiger charge is 1.80. The fourth-order valence-electron chi connectivity index (χ4n) is 0.701. The van der Waals surface area contributed by atoms with Gasteiger partial charge in [-0.05, 0) is 12.1 Å². The van der Waals surface area contributed by atoms with Crippen molar-refractivity contribution < 1.29 is 9.84 Å². The van der Waals surface area contributed by atoms with Crippen LogP contribution in [-0.2, 0) is 4.74 Å². The summed E-state index contributed by atoms with van der Waals surface area (Å²) in [4.78, 5) is 0. The van der Waals surface area contributed by atoms with Gasteiger partial charge in [0.2, 0.25) is 0 Å². The molecule has 0 radical (unpaired) electrons. The van der Waals surface area contributed by atoms with Crippen LogP contribution < -0.4 is 0 Å². The standard InChI is InChI=1S/C7H8N2.C3H8O2.C2H6N2.C2H6/c1-8-9-7-5-3-2-4-6-7;1-5-3-2-4;1-3-4-2;1-2/h2-6H,1H3;4H,2-3H2,1H3;1-2H3;1-2H3. The number of rotatable bonds is 3. The zero-order chi connectivity index (χ0) is 16.1. The Morgan fingerprint density at radius 1 is 0.950 bits per heavy atom. The molecule has 1 aromatic rings. The summed E-state index contributed by atoms with van der Waals surface area (Å²) >= 11 is 0. The first-order valence-electron chi connectivity index (χ1n) is 6.39. The monoisotopic (exact) mass is 284 g/mol. The van der Waals surface area contributed by atoms with Crippen LogP contribution in [0, 0.1) is 0 Å². The molecule has 0 aliphatic rings. The van der Waals surface area contributed by atoms with Gasteiger partial charge in [-0.15, -0.1) is 0 Å². The molecule has 0 spiro atoms. The van der Waals surface area contributed by atoms with Crippen LogP contribution in [-0.4, -0.2) is 46.6 Å². The molecule has 0 fully saturated rings. The maximum absolute atomic E-state index is 7.94. The Balaban J connectivity index is -0.000000226. The van der Waals surface area contributed by atoms with Crippen molar-refractivity contribution in [3.05, 3.63) is 30.3 Å². The van der Waals surface area contributed by atoms with Gasteiger partial charge in [-0.2, -0.15) is 20.5 Å². The van der Waals surface area contributed by atoms with E-state index in [4.69, 9.17) is 5.11 Å². The summed E-state index contributed by atoms with van der Waals surface area (Å²) < 4.78 is 4.44. The minimum atomic E-state index is 0.122. The summed E-state index contributed by atoms with van der Waals surface area (Å²) in [5.41, 5.74) is 0.903. The van der Waals surface area contributed by atoms with Gasteiger partial charge in [-0.25, -0.2) is 0 Å². The Morgan fingerprint density at radius 3 is 1.70 bits per heavy atom. The maximum atomic E-state index is 7.94. The van der Waals surface area contributed by atoms with Crippen molar-refractivity contribution in [2.24, 2.45) is 20.5 Å². The van der Waals surface area contributed by atoms with Crippen molar-refractivity contribution >= 4 is 5.69 Å². The van der Waals surface area contributed by atoms with E-state index >= 15 is 0 Å². The third kappa shape index (κ3) is 25.3. The Morgan fingerprint density at radius 2 is 1.45 bits per heavy atom. The van der Waals surface area contributed by atoms with Gasteiger partial charge in [0.25, 0.3) is 0 Å². The van der Waals surface area contributed by atoms with Crippen LogP contribution in [0.15, 0.2) is 50.8 Å². The zero-order valence-electron chi connectivity index (χ0n) is 13.4. The van der Waals surface area contributed by atoms with E-state index in [1.807, 2.05) is 44.2 Å². The summed E-state index contributed by atoms with van der Waals surface area (Å²) in [6.45, 7) is 4.57. The molecular formula is C14H28N4O2. The molecule has 6 nitrogen and oxygen atoms in total. The first kappa shape index (κ1) is 23.4. The van der Waals surface area contributed by atoms with E-state index in [1.165, 1.54) is 0 Å². The Labute approximate surface area is 122 Å². The summed E-state index contributed by atoms with van der Waals surface area (Å²) in [6, 6.07) is 9.64. The van der Waals surface area contributed by atoms with Gasteiger partial charge in [0.1, 0.15) is 0 Å². The van der Waals surface area contributed by atoms with Crippen LogP contribution in [0.4, 0.5) is 5.69 Å². The Kier molecular flexibility index (Phi) is 30.5. The molecule has 0 bridgehead atoms. The highest BCUT2D eigenvalue weighted by atomic mass is 16.5. The van der Waals surface area contributed by atoms with Crippen molar-refractivity contribution in [3.63, 3.8) is 0 Å². The van der Waals surface area contributed by atoms with Crippen molar-refractivity contribution in [2.45, 2.75) is 13.8 Å². The van der Waals surface area contributed by atoms with E-state index in [2.05, 4.69) is 25.2 Å². The normalized spacial score (nSPS) is 8.95. The molecule has 1 rings (SSSR count). The van der Waals surface area contributed by atoms with Crippen LogP contribution in [0.1, 0.15) is 13.8 Å². The van der Waals surface area contributed by atoms with Gasteiger partial charge in [-0.1, -0.05) is 32.0 Å². The van der Waals surface area contributed by atoms with Crippen LogP contribution in [0.2, 0.25) is 0 Å². The third-order valence-corrected chi connectivity index (χ3v) is 1.47. The van der Waals surface area contributed by atoms with E-state index in [0.29, 0.717) is 6.61 Å².